The lowest BCUT2D eigenvalue weighted by molar-refractivity contribution is -0.124. The summed E-state index contributed by atoms with van der Waals surface area (Å²) in [5, 5.41) is 3.10. The maximum absolute atomic E-state index is 12.5. The number of hydrogen-bond acceptors (Lipinski definition) is 3. The zero-order valence-electron chi connectivity index (χ0n) is 17.3. The number of amides is 1. The second-order valence-corrected chi connectivity index (χ2v) is 8.51. The Morgan fingerprint density at radius 2 is 1.68 bits per heavy atom. The molecule has 0 radical (unpaired) electrons. The minimum absolute atomic E-state index is 0.0234. The summed E-state index contributed by atoms with van der Waals surface area (Å²) < 4.78 is 11.8. The van der Waals surface area contributed by atoms with E-state index in [1.54, 1.807) is 7.11 Å². The largest absolute Gasteiger partial charge is 0.497 e. The van der Waals surface area contributed by atoms with Gasteiger partial charge in [0.25, 0.3) is 5.91 Å². The number of nitrogens with one attached hydrogen (secondary N) is 1. The summed E-state index contributed by atoms with van der Waals surface area (Å²) in [4.78, 5) is 12.5. The van der Waals surface area contributed by atoms with E-state index in [4.69, 9.17) is 9.47 Å². The predicted octanol–water partition coefficient (Wildman–Crippen LogP) is 5.86. The molecule has 0 aliphatic carbocycles. The highest BCUT2D eigenvalue weighted by Gasteiger charge is 2.17. The van der Waals surface area contributed by atoms with Crippen molar-refractivity contribution in [2.75, 3.05) is 13.7 Å². The van der Waals surface area contributed by atoms with Gasteiger partial charge in [-0.25, -0.2) is 0 Å². The second kappa shape index (κ2) is 10.5. The molecule has 0 aromatic heterocycles. The van der Waals surface area contributed by atoms with E-state index in [0.717, 1.165) is 22.2 Å². The minimum Gasteiger partial charge on any atom is -0.497 e. The van der Waals surface area contributed by atoms with Crippen molar-refractivity contribution in [2.24, 2.45) is 5.92 Å². The summed E-state index contributed by atoms with van der Waals surface area (Å²) in [6, 6.07) is 13.7. The van der Waals surface area contributed by atoms with Crippen LogP contribution >= 0.6 is 15.9 Å². The Kier molecular flexibility index (Phi) is 8.36. The van der Waals surface area contributed by atoms with Gasteiger partial charge in [0.15, 0.2) is 6.61 Å². The predicted molar refractivity (Wildman–Crippen MR) is 117 cm³/mol. The molecule has 0 saturated carbocycles. The van der Waals surface area contributed by atoms with Gasteiger partial charge in [-0.05, 0) is 69.6 Å². The number of carbonyl (C=O) groups is 1. The lowest BCUT2D eigenvalue weighted by Crippen LogP contribution is -2.33. The first kappa shape index (κ1) is 22.3. The van der Waals surface area contributed by atoms with E-state index in [9.17, 15) is 4.79 Å². The summed E-state index contributed by atoms with van der Waals surface area (Å²) in [5.41, 5.74) is 2.28. The average molecular weight is 448 g/mol. The van der Waals surface area contributed by atoms with Crippen LogP contribution in [0.2, 0.25) is 0 Å². The van der Waals surface area contributed by atoms with Crippen LogP contribution in [0.4, 0.5) is 0 Å². The second-order valence-electron chi connectivity index (χ2n) is 7.66. The smallest absolute Gasteiger partial charge is 0.258 e. The van der Waals surface area contributed by atoms with E-state index < -0.39 is 0 Å². The third-order valence-electron chi connectivity index (χ3n) is 4.54. The van der Waals surface area contributed by atoms with Crippen LogP contribution in [0.3, 0.4) is 0 Å². The van der Waals surface area contributed by atoms with Crippen LogP contribution in [0.25, 0.3) is 0 Å². The van der Waals surface area contributed by atoms with E-state index in [0.29, 0.717) is 17.6 Å². The molecular weight excluding hydrogens is 418 g/mol. The molecule has 4 nitrogen and oxygen atoms in total. The van der Waals surface area contributed by atoms with Gasteiger partial charge in [-0.1, -0.05) is 45.9 Å². The van der Waals surface area contributed by atoms with Gasteiger partial charge in [0, 0.05) is 0 Å². The molecule has 28 heavy (non-hydrogen) atoms. The van der Waals surface area contributed by atoms with Crippen molar-refractivity contribution in [2.45, 2.75) is 46.1 Å². The van der Waals surface area contributed by atoms with Gasteiger partial charge in [-0.3, -0.25) is 4.79 Å². The number of rotatable bonds is 9. The molecule has 1 unspecified atom stereocenters. The molecule has 1 N–H and O–H groups in total. The van der Waals surface area contributed by atoms with Crippen LogP contribution in [0, 0.1) is 5.92 Å². The first-order valence-corrected chi connectivity index (χ1v) is 10.4. The Morgan fingerprint density at radius 1 is 1.04 bits per heavy atom. The van der Waals surface area contributed by atoms with E-state index in [2.05, 4.69) is 48.9 Å². The fraction of sp³-hybridized carbons (Fsp3) is 0.435. The van der Waals surface area contributed by atoms with Gasteiger partial charge >= 0.3 is 0 Å². The molecule has 0 spiro atoms. The molecule has 0 aliphatic rings. The molecule has 0 saturated heterocycles. The van der Waals surface area contributed by atoms with Crippen molar-refractivity contribution >= 4 is 21.8 Å². The lowest BCUT2D eigenvalue weighted by Gasteiger charge is -2.21. The zero-order chi connectivity index (χ0) is 20.7. The Labute approximate surface area is 176 Å². The molecule has 1 atom stereocenters. The van der Waals surface area contributed by atoms with Crippen molar-refractivity contribution in [3.63, 3.8) is 0 Å². The average Bonchev–Trinajstić information content (AvgIpc) is 2.66. The van der Waals surface area contributed by atoms with Gasteiger partial charge in [0.2, 0.25) is 0 Å². The number of hydrogen-bond donors (Lipinski definition) is 1. The van der Waals surface area contributed by atoms with E-state index in [1.165, 1.54) is 5.56 Å². The SMILES string of the molecule is COc1ccc(C(CC(C)C)NC(=O)COc2ccc(C(C)C)cc2Br)cc1. The summed E-state index contributed by atoms with van der Waals surface area (Å²) in [7, 11) is 1.64. The quantitative estimate of drug-likeness (QED) is 0.523. The monoisotopic (exact) mass is 447 g/mol. The third-order valence-corrected chi connectivity index (χ3v) is 5.16. The number of carbonyl (C=O) groups excluding carboxylic acids is 1. The normalized spacial score (nSPS) is 12.1. The van der Waals surface area contributed by atoms with Gasteiger partial charge < -0.3 is 14.8 Å². The van der Waals surface area contributed by atoms with Gasteiger partial charge in [0.1, 0.15) is 11.5 Å². The van der Waals surface area contributed by atoms with Crippen LogP contribution in [-0.2, 0) is 4.79 Å². The molecule has 2 aromatic carbocycles. The van der Waals surface area contributed by atoms with Crippen molar-refractivity contribution in [3.05, 3.63) is 58.1 Å². The standard InChI is InChI=1S/C23H30BrNO3/c1-15(2)12-21(17-6-9-19(27-5)10-7-17)25-23(26)14-28-22-11-8-18(16(3)4)13-20(22)24/h6-11,13,15-16,21H,12,14H2,1-5H3,(H,25,26). The maximum atomic E-state index is 12.5. The highest BCUT2D eigenvalue weighted by atomic mass is 79.9. The Bertz CT molecular complexity index is 772. The highest BCUT2D eigenvalue weighted by molar-refractivity contribution is 9.10. The topological polar surface area (TPSA) is 47.6 Å². The molecule has 0 heterocycles. The highest BCUT2D eigenvalue weighted by Crippen LogP contribution is 2.29. The summed E-state index contributed by atoms with van der Waals surface area (Å²) >= 11 is 3.53. The fourth-order valence-electron chi connectivity index (χ4n) is 2.96. The van der Waals surface area contributed by atoms with E-state index >= 15 is 0 Å². The first-order chi connectivity index (χ1) is 13.3. The molecular formula is C23H30BrNO3. The molecule has 2 aromatic rings. The summed E-state index contributed by atoms with van der Waals surface area (Å²) in [5.74, 6) is 2.23. The van der Waals surface area contributed by atoms with Crippen LogP contribution in [0.5, 0.6) is 11.5 Å². The van der Waals surface area contributed by atoms with Gasteiger partial charge in [-0.2, -0.15) is 0 Å². The van der Waals surface area contributed by atoms with Crippen LogP contribution in [0.15, 0.2) is 46.9 Å². The minimum atomic E-state index is -0.138. The van der Waals surface area contributed by atoms with E-state index in [-0.39, 0.29) is 18.6 Å². The maximum Gasteiger partial charge on any atom is 0.258 e. The molecule has 1 amide bonds. The Morgan fingerprint density at radius 3 is 2.21 bits per heavy atom. The number of halogens is 1. The molecule has 0 fully saturated rings. The number of benzene rings is 2. The zero-order valence-corrected chi connectivity index (χ0v) is 18.9. The summed E-state index contributed by atoms with van der Waals surface area (Å²) in [6.45, 7) is 8.55. The number of methoxy groups -OCH3 is 1. The molecule has 5 heteroatoms. The Hall–Kier alpha value is -2.01. The lowest BCUT2D eigenvalue weighted by atomic mass is 9.97. The molecule has 0 bridgehead atoms. The Balaban J connectivity index is 2.01. The molecule has 0 aliphatic heterocycles. The molecule has 152 valence electrons. The van der Waals surface area contributed by atoms with Crippen molar-refractivity contribution in [1.29, 1.82) is 0 Å². The third kappa shape index (κ3) is 6.55. The summed E-state index contributed by atoms with van der Waals surface area (Å²) in [6.07, 6.45) is 0.852. The first-order valence-electron chi connectivity index (χ1n) is 9.65. The van der Waals surface area contributed by atoms with Crippen LogP contribution in [-0.4, -0.2) is 19.6 Å². The van der Waals surface area contributed by atoms with E-state index in [1.807, 2.05) is 42.5 Å². The van der Waals surface area contributed by atoms with Crippen molar-refractivity contribution in [1.82, 2.24) is 5.32 Å². The fourth-order valence-corrected chi connectivity index (χ4v) is 3.47. The van der Waals surface area contributed by atoms with Crippen LogP contribution < -0.4 is 14.8 Å². The van der Waals surface area contributed by atoms with Gasteiger partial charge in [-0.15, -0.1) is 0 Å². The number of ether oxygens (including phenoxy) is 2. The van der Waals surface area contributed by atoms with Crippen molar-refractivity contribution in [3.8, 4) is 11.5 Å². The van der Waals surface area contributed by atoms with Crippen LogP contribution in [0.1, 0.15) is 57.2 Å². The van der Waals surface area contributed by atoms with Gasteiger partial charge in [0.05, 0.1) is 17.6 Å². The van der Waals surface area contributed by atoms with Crippen molar-refractivity contribution < 1.29 is 14.3 Å². The molecule has 2 rings (SSSR count).